The van der Waals surface area contributed by atoms with Gasteiger partial charge in [-0.2, -0.15) is 0 Å². The third kappa shape index (κ3) is 4.23. The number of aliphatic carboxylic acids is 1. The van der Waals surface area contributed by atoms with E-state index >= 15 is 0 Å². The summed E-state index contributed by atoms with van der Waals surface area (Å²) in [5.41, 5.74) is 2.23. The number of ether oxygens (including phenoxy) is 1. The number of hydrogen-bond acceptors (Lipinski definition) is 3. The Kier molecular flexibility index (Phi) is 5.41. The minimum absolute atomic E-state index is 0.0199. The SMILES string of the molecule is Cc1ccc(OCCC(=O)N2CCCC2CC(=O)O)c(C)c1. The van der Waals surface area contributed by atoms with Gasteiger partial charge in [-0.15, -0.1) is 0 Å². The Morgan fingerprint density at radius 3 is 2.82 bits per heavy atom. The molecule has 0 spiro atoms. The maximum Gasteiger partial charge on any atom is 0.305 e. The first-order valence-corrected chi connectivity index (χ1v) is 7.68. The molecule has 0 radical (unpaired) electrons. The maximum atomic E-state index is 12.2. The van der Waals surface area contributed by atoms with Crippen LogP contribution >= 0.6 is 0 Å². The quantitative estimate of drug-likeness (QED) is 0.877. The summed E-state index contributed by atoms with van der Waals surface area (Å²) in [4.78, 5) is 24.7. The number of carbonyl (C=O) groups excluding carboxylic acids is 1. The van der Waals surface area contributed by atoms with Gasteiger partial charge in [0.2, 0.25) is 5.91 Å². The average molecular weight is 305 g/mol. The maximum absolute atomic E-state index is 12.2. The minimum Gasteiger partial charge on any atom is -0.493 e. The second-order valence-corrected chi connectivity index (χ2v) is 5.85. The second kappa shape index (κ2) is 7.29. The van der Waals surface area contributed by atoms with Gasteiger partial charge in [-0.25, -0.2) is 0 Å². The van der Waals surface area contributed by atoms with Crippen LogP contribution in [0.4, 0.5) is 0 Å². The lowest BCUT2D eigenvalue weighted by Gasteiger charge is -2.23. The second-order valence-electron chi connectivity index (χ2n) is 5.85. The van der Waals surface area contributed by atoms with Gasteiger partial charge < -0.3 is 14.7 Å². The van der Waals surface area contributed by atoms with E-state index < -0.39 is 5.97 Å². The number of carbonyl (C=O) groups is 2. The van der Waals surface area contributed by atoms with Gasteiger partial charge >= 0.3 is 5.97 Å². The first-order valence-electron chi connectivity index (χ1n) is 7.68. The Bertz CT molecular complexity index is 556. The molecule has 1 N–H and O–H groups in total. The van der Waals surface area contributed by atoms with Gasteiger partial charge in [-0.05, 0) is 38.3 Å². The van der Waals surface area contributed by atoms with E-state index in [2.05, 4.69) is 0 Å². The lowest BCUT2D eigenvalue weighted by atomic mass is 10.1. The van der Waals surface area contributed by atoms with Crippen molar-refractivity contribution in [2.24, 2.45) is 0 Å². The third-order valence-corrected chi connectivity index (χ3v) is 4.01. The number of likely N-dealkylation sites (tertiary alicyclic amines) is 1. The molecule has 0 aromatic heterocycles. The predicted molar refractivity (Wildman–Crippen MR) is 83.0 cm³/mol. The number of rotatable bonds is 6. The molecule has 0 saturated carbocycles. The summed E-state index contributed by atoms with van der Waals surface area (Å²) in [5, 5.41) is 8.89. The summed E-state index contributed by atoms with van der Waals surface area (Å²) in [7, 11) is 0. The molecule has 1 saturated heterocycles. The molecular formula is C17H23NO4. The zero-order chi connectivity index (χ0) is 16.1. The number of aryl methyl sites for hydroxylation is 2. The minimum atomic E-state index is -0.851. The lowest BCUT2D eigenvalue weighted by Crippen LogP contribution is -2.37. The van der Waals surface area contributed by atoms with E-state index in [0.717, 1.165) is 24.2 Å². The number of carboxylic acids is 1. The summed E-state index contributed by atoms with van der Waals surface area (Å²) in [5.74, 6) is -0.0772. The summed E-state index contributed by atoms with van der Waals surface area (Å²) >= 11 is 0. The van der Waals surface area contributed by atoms with Crippen molar-refractivity contribution in [2.75, 3.05) is 13.2 Å². The predicted octanol–water partition coefficient (Wildman–Crippen LogP) is 2.54. The van der Waals surface area contributed by atoms with E-state index in [-0.39, 0.29) is 24.8 Å². The number of carboxylic acid groups (broad SMARTS) is 1. The van der Waals surface area contributed by atoms with E-state index in [4.69, 9.17) is 9.84 Å². The Hall–Kier alpha value is -2.04. The number of hydrogen-bond donors (Lipinski definition) is 1. The van der Waals surface area contributed by atoms with Gasteiger partial charge in [0.1, 0.15) is 5.75 Å². The zero-order valence-corrected chi connectivity index (χ0v) is 13.2. The van der Waals surface area contributed by atoms with E-state index in [9.17, 15) is 9.59 Å². The molecule has 0 aliphatic carbocycles. The van der Waals surface area contributed by atoms with Crippen LogP contribution in [0, 0.1) is 13.8 Å². The summed E-state index contributed by atoms with van der Waals surface area (Å²) in [6.07, 6.45) is 1.96. The van der Waals surface area contributed by atoms with Gasteiger partial charge in [0.05, 0.1) is 19.4 Å². The van der Waals surface area contributed by atoms with Crippen molar-refractivity contribution in [1.29, 1.82) is 0 Å². The average Bonchev–Trinajstić information content (AvgIpc) is 2.88. The van der Waals surface area contributed by atoms with Crippen LogP contribution in [0.15, 0.2) is 18.2 Å². The van der Waals surface area contributed by atoms with Crippen molar-refractivity contribution < 1.29 is 19.4 Å². The van der Waals surface area contributed by atoms with Crippen LogP contribution in [-0.2, 0) is 9.59 Å². The molecule has 1 aliphatic rings. The van der Waals surface area contributed by atoms with Crippen molar-refractivity contribution in [1.82, 2.24) is 4.90 Å². The molecule has 5 heteroatoms. The molecule has 1 aromatic rings. The highest BCUT2D eigenvalue weighted by Gasteiger charge is 2.29. The molecule has 1 aromatic carbocycles. The largest absolute Gasteiger partial charge is 0.493 e. The van der Waals surface area contributed by atoms with Gasteiger partial charge in [-0.3, -0.25) is 9.59 Å². The van der Waals surface area contributed by atoms with Crippen LogP contribution in [0.25, 0.3) is 0 Å². The zero-order valence-electron chi connectivity index (χ0n) is 13.2. The molecule has 1 amide bonds. The summed E-state index contributed by atoms with van der Waals surface area (Å²) in [6, 6.07) is 5.78. The van der Waals surface area contributed by atoms with Crippen molar-refractivity contribution >= 4 is 11.9 Å². The van der Waals surface area contributed by atoms with Crippen LogP contribution in [-0.4, -0.2) is 41.1 Å². The molecule has 1 unspecified atom stereocenters. The Morgan fingerprint density at radius 1 is 1.36 bits per heavy atom. The first kappa shape index (κ1) is 16.3. The van der Waals surface area contributed by atoms with Gasteiger partial charge in [-0.1, -0.05) is 17.7 Å². The van der Waals surface area contributed by atoms with Crippen LogP contribution in [0.3, 0.4) is 0 Å². The first-order chi connectivity index (χ1) is 10.5. The molecule has 5 nitrogen and oxygen atoms in total. The fraction of sp³-hybridized carbons (Fsp3) is 0.529. The number of benzene rings is 1. The van der Waals surface area contributed by atoms with Gasteiger partial charge in [0, 0.05) is 12.6 Å². The van der Waals surface area contributed by atoms with Crippen molar-refractivity contribution in [3.05, 3.63) is 29.3 Å². The van der Waals surface area contributed by atoms with Crippen LogP contribution in [0.1, 0.15) is 36.8 Å². The van der Waals surface area contributed by atoms with Crippen LogP contribution in [0.5, 0.6) is 5.75 Å². The molecule has 1 fully saturated rings. The van der Waals surface area contributed by atoms with Crippen molar-refractivity contribution in [3.63, 3.8) is 0 Å². The Balaban J connectivity index is 1.83. The van der Waals surface area contributed by atoms with Crippen LogP contribution in [0.2, 0.25) is 0 Å². The van der Waals surface area contributed by atoms with E-state index in [1.165, 1.54) is 5.56 Å². The highest BCUT2D eigenvalue weighted by molar-refractivity contribution is 5.78. The molecule has 1 atom stereocenters. The Morgan fingerprint density at radius 2 is 2.14 bits per heavy atom. The molecule has 2 rings (SSSR count). The lowest BCUT2D eigenvalue weighted by molar-refractivity contribution is -0.140. The van der Waals surface area contributed by atoms with Crippen molar-refractivity contribution in [3.8, 4) is 5.75 Å². The topological polar surface area (TPSA) is 66.8 Å². The number of amides is 1. The van der Waals surface area contributed by atoms with Crippen LogP contribution < -0.4 is 4.74 Å². The normalized spacial score (nSPS) is 17.5. The summed E-state index contributed by atoms with van der Waals surface area (Å²) < 4.78 is 5.67. The molecule has 1 aliphatic heterocycles. The highest BCUT2D eigenvalue weighted by atomic mass is 16.5. The van der Waals surface area contributed by atoms with E-state index in [0.29, 0.717) is 13.2 Å². The molecule has 1 heterocycles. The fourth-order valence-corrected chi connectivity index (χ4v) is 2.93. The molecule has 22 heavy (non-hydrogen) atoms. The van der Waals surface area contributed by atoms with E-state index in [1.807, 2.05) is 32.0 Å². The van der Waals surface area contributed by atoms with E-state index in [1.54, 1.807) is 4.90 Å². The third-order valence-electron chi connectivity index (χ3n) is 4.01. The van der Waals surface area contributed by atoms with Gasteiger partial charge in [0.15, 0.2) is 0 Å². The van der Waals surface area contributed by atoms with Gasteiger partial charge in [0.25, 0.3) is 0 Å². The fourth-order valence-electron chi connectivity index (χ4n) is 2.93. The standard InChI is InChI=1S/C17H23NO4/c1-12-5-6-15(13(2)10-12)22-9-7-16(19)18-8-3-4-14(18)11-17(20)21/h5-6,10,14H,3-4,7-9,11H2,1-2H3,(H,20,21). The Labute approximate surface area is 130 Å². The molecular weight excluding hydrogens is 282 g/mol. The smallest absolute Gasteiger partial charge is 0.305 e. The van der Waals surface area contributed by atoms with Crippen molar-refractivity contribution in [2.45, 2.75) is 45.6 Å². The molecule has 120 valence electrons. The number of nitrogens with zero attached hydrogens (tertiary/aromatic N) is 1. The highest BCUT2D eigenvalue weighted by Crippen LogP contribution is 2.22. The monoisotopic (exact) mass is 305 g/mol. The summed E-state index contributed by atoms with van der Waals surface area (Å²) in [6.45, 7) is 4.98. The molecule has 0 bridgehead atoms.